The van der Waals surface area contributed by atoms with Crippen molar-refractivity contribution in [2.24, 2.45) is 5.92 Å². The van der Waals surface area contributed by atoms with Crippen LogP contribution in [0, 0.1) is 5.92 Å². The highest BCUT2D eigenvalue weighted by atomic mass is 35.5. The van der Waals surface area contributed by atoms with Crippen molar-refractivity contribution >= 4 is 52.5 Å². The van der Waals surface area contributed by atoms with Crippen molar-refractivity contribution in [3.63, 3.8) is 0 Å². The number of nitrogens with zero attached hydrogens (tertiary/aromatic N) is 3. The van der Waals surface area contributed by atoms with Crippen LogP contribution in [0.25, 0.3) is 11.4 Å². The van der Waals surface area contributed by atoms with Gasteiger partial charge in [0.25, 0.3) is 0 Å². The summed E-state index contributed by atoms with van der Waals surface area (Å²) in [5.41, 5.74) is 1.95. The predicted octanol–water partition coefficient (Wildman–Crippen LogP) is 6.35. The highest BCUT2D eigenvalue weighted by Gasteiger charge is 2.26. The lowest BCUT2D eigenvalue weighted by Crippen LogP contribution is -2.40. The molecule has 3 aromatic rings. The normalized spacial score (nSPS) is 14.8. The molecular formula is C25H27Cl3N4O2S. The molecule has 6 nitrogen and oxygen atoms in total. The van der Waals surface area contributed by atoms with Crippen LogP contribution in [0.5, 0.6) is 0 Å². The summed E-state index contributed by atoms with van der Waals surface area (Å²) in [6, 6.07) is 13.1. The zero-order chi connectivity index (χ0) is 24.6. The first-order chi connectivity index (χ1) is 17.0. The van der Waals surface area contributed by atoms with E-state index in [0.29, 0.717) is 40.4 Å². The summed E-state index contributed by atoms with van der Waals surface area (Å²) >= 11 is 20.0. The van der Waals surface area contributed by atoms with Gasteiger partial charge in [0.1, 0.15) is 0 Å². The molecule has 1 aliphatic heterocycles. The Morgan fingerprint density at radius 3 is 2.57 bits per heavy atom. The Morgan fingerprint density at radius 1 is 1.09 bits per heavy atom. The first-order valence-electron chi connectivity index (χ1n) is 11.6. The molecule has 0 spiro atoms. The number of halogens is 3. The highest BCUT2D eigenvalue weighted by Crippen LogP contribution is 2.29. The summed E-state index contributed by atoms with van der Waals surface area (Å²) in [4.78, 5) is 19.3. The van der Waals surface area contributed by atoms with Crippen molar-refractivity contribution in [1.82, 2.24) is 20.4 Å². The molecular weight excluding hydrogens is 527 g/mol. The lowest BCUT2D eigenvalue weighted by molar-refractivity contribution is -0.126. The number of hydrogen-bond acceptors (Lipinski definition) is 6. The fraction of sp³-hybridized carbons (Fsp3) is 0.400. The molecule has 2 heterocycles. The Labute approximate surface area is 224 Å². The second kappa shape index (κ2) is 13.0. The molecule has 1 N–H and O–H groups in total. The Bertz CT molecular complexity index is 1120. The molecule has 1 aromatic heterocycles. The number of carbonyl (C=O) groups excluding carboxylic acids is 1. The maximum absolute atomic E-state index is 12.6. The quantitative estimate of drug-likeness (QED) is 0.295. The number of benzene rings is 2. The molecule has 0 radical (unpaired) electrons. The number of nitrogens with one attached hydrogen (secondary N) is 1. The van der Waals surface area contributed by atoms with Gasteiger partial charge >= 0.3 is 0 Å². The molecule has 10 heteroatoms. The number of carbonyl (C=O) groups is 1. The van der Waals surface area contributed by atoms with Crippen molar-refractivity contribution in [2.75, 3.05) is 25.4 Å². The van der Waals surface area contributed by atoms with Gasteiger partial charge in [-0.05, 0) is 74.0 Å². The summed E-state index contributed by atoms with van der Waals surface area (Å²) in [7, 11) is 0. The van der Waals surface area contributed by atoms with Gasteiger partial charge in [0.2, 0.25) is 17.6 Å². The van der Waals surface area contributed by atoms with Crippen LogP contribution >= 0.6 is 46.6 Å². The zero-order valence-electron chi connectivity index (χ0n) is 19.2. The molecule has 35 heavy (non-hydrogen) atoms. The van der Waals surface area contributed by atoms with E-state index in [1.165, 1.54) is 5.56 Å². The number of hydrogen-bond donors (Lipinski definition) is 1. The topological polar surface area (TPSA) is 71.3 Å². The second-order valence-electron chi connectivity index (χ2n) is 8.51. The van der Waals surface area contributed by atoms with Gasteiger partial charge < -0.3 is 9.84 Å². The Morgan fingerprint density at radius 2 is 1.83 bits per heavy atom. The Kier molecular flexibility index (Phi) is 9.75. The zero-order valence-corrected chi connectivity index (χ0v) is 22.3. The average molecular weight is 554 g/mol. The molecule has 1 fully saturated rings. The minimum atomic E-state index is 0.0547. The molecule has 186 valence electrons. The fourth-order valence-corrected chi connectivity index (χ4v) is 5.48. The van der Waals surface area contributed by atoms with Crippen LogP contribution in [-0.2, 0) is 17.1 Å². The van der Waals surface area contributed by atoms with Gasteiger partial charge in [-0.2, -0.15) is 16.7 Å². The summed E-state index contributed by atoms with van der Waals surface area (Å²) in [5, 5.41) is 8.95. The highest BCUT2D eigenvalue weighted by molar-refractivity contribution is 7.98. The van der Waals surface area contributed by atoms with Gasteiger partial charge in [-0.15, -0.1) is 0 Å². The van der Waals surface area contributed by atoms with Crippen LogP contribution in [-0.4, -0.2) is 46.3 Å². The first kappa shape index (κ1) is 26.3. The van der Waals surface area contributed by atoms with Crippen LogP contribution in [0.2, 0.25) is 15.1 Å². The van der Waals surface area contributed by atoms with Gasteiger partial charge in [0, 0.05) is 33.8 Å². The van der Waals surface area contributed by atoms with Crippen molar-refractivity contribution in [2.45, 2.75) is 31.6 Å². The Hall–Kier alpha value is -1.77. The average Bonchev–Trinajstić information content (AvgIpc) is 3.30. The number of rotatable bonds is 10. The largest absolute Gasteiger partial charge is 0.356 e. The summed E-state index contributed by atoms with van der Waals surface area (Å²) in [5.74, 6) is 3.16. The summed E-state index contributed by atoms with van der Waals surface area (Å²) in [6.45, 7) is 2.89. The Balaban J connectivity index is 1.12. The first-order valence-corrected chi connectivity index (χ1v) is 13.9. The van der Waals surface area contributed by atoms with Crippen LogP contribution in [0.1, 0.15) is 30.7 Å². The summed E-state index contributed by atoms with van der Waals surface area (Å²) in [6.07, 6.45) is 2.60. The molecule has 1 saturated heterocycles. The molecule has 2 aromatic carbocycles. The monoisotopic (exact) mass is 552 g/mol. The lowest BCUT2D eigenvalue weighted by Gasteiger charge is -2.30. The smallest absolute Gasteiger partial charge is 0.241 e. The minimum absolute atomic E-state index is 0.0547. The van der Waals surface area contributed by atoms with E-state index in [2.05, 4.69) is 32.5 Å². The SMILES string of the molecule is O=C(NCCCSCc1ccc(Cl)cc1)C1CCN(Cc2nc(-c3ccc(Cl)cc3Cl)no2)CC1. The third kappa shape index (κ3) is 7.86. The van der Waals surface area contributed by atoms with Gasteiger partial charge in [0.15, 0.2) is 0 Å². The molecule has 0 aliphatic carbocycles. The maximum atomic E-state index is 12.6. The summed E-state index contributed by atoms with van der Waals surface area (Å²) < 4.78 is 5.42. The van der Waals surface area contributed by atoms with E-state index < -0.39 is 0 Å². The van der Waals surface area contributed by atoms with Crippen LogP contribution in [0.4, 0.5) is 0 Å². The fourth-order valence-electron chi connectivity index (χ4n) is 3.94. The third-order valence-electron chi connectivity index (χ3n) is 5.90. The van der Waals surface area contributed by atoms with Gasteiger partial charge in [0.05, 0.1) is 11.6 Å². The molecule has 4 rings (SSSR count). The van der Waals surface area contributed by atoms with E-state index in [0.717, 1.165) is 48.9 Å². The van der Waals surface area contributed by atoms with Gasteiger partial charge in [-0.25, -0.2) is 0 Å². The standard InChI is InChI=1S/C25H27Cl3N4O2S/c26-19-4-2-17(3-5-19)16-35-13-1-10-29-25(33)18-8-11-32(12-9-18)15-23-30-24(31-34-23)21-7-6-20(27)14-22(21)28/h2-7,14,18H,1,8-13,15-16H2,(H,29,33). The van der Waals surface area contributed by atoms with E-state index in [-0.39, 0.29) is 11.8 Å². The predicted molar refractivity (Wildman–Crippen MR) is 143 cm³/mol. The number of aromatic nitrogens is 2. The van der Waals surface area contributed by atoms with Crippen molar-refractivity contribution in [3.8, 4) is 11.4 Å². The molecule has 0 saturated carbocycles. The van der Waals surface area contributed by atoms with Crippen molar-refractivity contribution in [3.05, 3.63) is 69.0 Å². The third-order valence-corrected chi connectivity index (χ3v) is 7.82. The lowest BCUT2D eigenvalue weighted by atomic mass is 9.96. The van der Waals surface area contributed by atoms with E-state index in [4.69, 9.17) is 39.3 Å². The number of thioether (sulfide) groups is 1. The van der Waals surface area contributed by atoms with Crippen LogP contribution < -0.4 is 5.32 Å². The van der Waals surface area contributed by atoms with E-state index >= 15 is 0 Å². The maximum Gasteiger partial charge on any atom is 0.241 e. The van der Waals surface area contributed by atoms with E-state index in [1.54, 1.807) is 18.2 Å². The molecule has 0 atom stereocenters. The number of piperidine rings is 1. The molecule has 0 unspecified atom stereocenters. The van der Waals surface area contributed by atoms with E-state index in [9.17, 15) is 4.79 Å². The minimum Gasteiger partial charge on any atom is -0.356 e. The molecule has 1 aliphatic rings. The number of amides is 1. The molecule has 0 bridgehead atoms. The van der Waals surface area contributed by atoms with Crippen LogP contribution in [0.3, 0.4) is 0 Å². The second-order valence-corrected chi connectivity index (χ2v) is 10.9. The number of likely N-dealkylation sites (tertiary alicyclic amines) is 1. The molecule has 1 amide bonds. The van der Waals surface area contributed by atoms with Gasteiger partial charge in [-0.1, -0.05) is 52.1 Å². The van der Waals surface area contributed by atoms with Crippen molar-refractivity contribution < 1.29 is 9.32 Å². The van der Waals surface area contributed by atoms with Crippen LogP contribution in [0.15, 0.2) is 47.0 Å². The van der Waals surface area contributed by atoms with E-state index in [1.807, 2.05) is 23.9 Å². The van der Waals surface area contributed by atoms with Crippen molar-refractivity contribution in [1.29, 1.82) is 0 Å². The van der Waals surface area contributed by atoms with Gasteiger partial charge in [-0.3, -0.25) is 9.69 Å².